The summed E-state index contributed by atoms with van der Waals surface area (Å²) >= 11 is 0. The summed E-state index contributed by atoms with van der Waals surface area (Å²) in [6, 6.07) is -0.360. The first-order valence-corrected chi connectivity index (χ1v) is 6.90. The number of amides is 2. The van der Waals surface area contributed by atoms with Crippen molar-refractivity contribution in [3.05, 3.63) is 18.2 Å². The summed E-state index contributed by atoms with van der Waals surface area (Å²) in [7, 11) is 0. The van der Waals surface area contributed by atoms with Gasteiger partial charge >= 0.3 is 6.03 Å². The molecule has 0 bridgehead atoms. The summed E-state index contributed by atoms with van der Waals surface area (Å²) < 4.78 is 2.14. The fourth-order valence-electron chi connectivity index (χ4n) is 2.67. The van der Waals surface area contributed by atoms with Crippen molar-refractivity contribution in [2.24, 2.45) is 11.7 Å². The topological polar surface area (TPSA) is 67.4 Å². The Morgan fingerprint density at radius 2 is 2.21 bits per heavy atom. The second-order valence-corrected chi connectivity index (χ2v) is 5.07. The highest BCUT2D eigenvalue weighted by Gasteiger charge is 2.25. The van der Waals surface area contributed by atoms with Crippen molar-refractivity contribution in [2.45, 2.75) is 26.9 Å². The molecule has 2 rings (SSSR count). The molecule has 2 amide bonds. The molecule has 0 radical (unpaired) electrons. The number of imidazole rings is 1. The van der Waals surface area contributed by atoms with Crippen LogP contribution in [0.5, 0.6) is 0 Å². The van der Waals surface area contributed by atoms with Crippen molar-refractivity contribution in [3.8, 4) is 0 Å². The third-order valence-electron chi connectivity index (χ3n) is 3.79. The van der Waals surface area contributed by atoms with E-state index in [0.717, 1.165) is 32.0 Å². The summed E-state index contributed by atoms with van der Waals surface area (Å²) in [4.78, 5) is 19.9. The summed E-state index contributed by atoms with van der Waals surface area (Å²) in [6.07, 6.45) is 3.77. The van der Waals surface area contributed by atoms with Crippen LogP contribution in [0.2, 0.25) is 0 Å². The fraction of sp³-hybridized carbons (Fsp3) is 0.692. The normalized spacial score (nSPS) is 19.3. The van der Waals surface area contributed by atoms with Gasteiger partial charge in [0.25, 0.3) is 0 Å². The minimum Gasteiger partial charge on any atom is -0.351 e. The highest BCUT2D eigenvalue weighted by Crippen LogP contribution is 2.16. The fourth-order valence-corrected chi connectivity index (χ4v) is 2.67. The van der Waals surface area contributed by atoms with Crippen LogP contribution >= 0.6 is 0 Å². The van der Waals surface area contributed by atoms with E-state index in [9.17, 15) is 4.79 Å². The molecule has 0 spiro atoms. The highest BCUT2D eigenvalue weighted by molar-refractivity contribution is 5.71. The molecule has 1 aromatic rings. The van der Waals surface area contributed by atoms with Crippen LogP contribution in [0.25, 0.3) is 0 Å². The largest absolute Gasteiger partial charge is 0.351 e. The molecule has 2 heterocycles. The van der Waals surface area contributed by atoms with Crippen molar-refractivity contribution in [1.29, 1.82) is 0 Å². The third kappa shape index (κ3) is 3.26. The predicted molar refractivity (Wildman–Crippen MR) is 73.5 cm³/mol. The molecular formula is C13H23N5O. The van der Waals surface area contributed by atoms with Gasteiger partial charge in [-0.3, -0.25) is 0 Å². The number of hydrogen-bond acceptors (Lipinski definition) is 3. The van der Waals surface area contributed by atoms with Gasteiger partial charge in [0.15, 0.2) is 0 Å². The number of carbonyl (C=O) groups excluding carboxylic acids is 1. The van der Waals surface area contributed by atoms with E-state index in [1.165, 1.54) is 0 Å². The van der Waals surface area contributed by atoms with E-state index in [0.29, 0.717) is 19.0 Å². The van der Waals surface area contributed by atoms with E-state index in [-0.39, 0.29) is 6.03 Å². The van der Waals surface area contributed by atoms with Gasteiger partial charge in [0.1, 0.15) is 5.82 Å². The minimum atomic E-state index is -0.360. The molecule has 1 aliphatic heterocycles. The Bertz CT molecular complexity index is 426. The van der Waals surface area contributed by atoms with Crippen molar-refractivity contribution in [2.75, 3.05) is 26.2 Å². The predicted octanol–water partition coefficient (Wildman–Crippen LogP) is 0.735. The number of nitrogens with two attached hydrogens (primary N) is 1. The zero-order chi connectivity index (χ0) is 13.8. The van der Waals surface area contributed by atoms with E-state index < -0.39 is 0 Å². The van der Waals surface area contributed by atoms with Gasteiger partial charge < -0.3 is 20.1 Å². The second-order valence-electron chi connectivity index (χ2n) is 5.07. The first kappa shape index (κ1) is 13.9. The zero-order valence-corrected chi connectivity index (χ0v) is 11.7. The van der Waals surface area contributed by atoms with Crippen LogP contribution in [-0.2, 0) is 13.1 Å². The Balaban J connectivity index is 2.13. The van der Waals surface area contributed by atoms with Crippen molar-refractivity contribution in [3.63, 3.8) is 0 Å². The lowest BCUT2D eigenvalue weighted by molar-refractivity contribution is 0.177. The van der Waals surface area contributed by atoms with Gasteiger partial charge in [-0.15, -0.1) is 0 Å². The molecule has 2 N–H and O–H groups in total. The molecule has 0 fully saturated rings. The van der Waals surface area contributed by atoms with Crippen molar-refractivity contribution >= 4 is 6.03 Å². The Morgan fingerprint density at radius 1 is 1.47 bits per heavy atom. The number of aromatic nitrogens is 2. The summed E-state index contributed by atoms with van der Waals surface area (Å²) in [5.74, 6) is 1.31. The molecule has 0 saturated heterocycles. The third-order valence-corrected chi connectivity index (χ3v) is 3.79. The lowest BCUT2D eigenvalue weighted by atomic mass is 10.1. The van der Waals surface area contributed by atoms with Crippen LogP contribution in [0.4, 0.5) is 4.79 Å². The second kappa shape index (κ2) is 6.06. The van der Waals surface area contributed by atoms with E-state index in [4.69, 9.17) is 5.73 Å². The minimum absolute atomic E-state index is 0.360. The van der Waals surface area contributed by atoms with Gasteiger partial charge in [-0.2, -0.15) is 0 Å². The molecule has 6 heteroatoms. The standard InChI is InChI=1S/C13H23N5O/c1-3-16(4-2)7-11-8-17-6-5-15-12(17)10-18(9-11)13(14)19/h5-6,11H,3-4,7-10H2,1-2H3,(H2,14,19)/t11-/m0/s1. The van der Waals surface area contributed by atoms with E-state index in [1.807, 2.05) is 6.20 Å². The first-order chi connectivity index (χ1) is 9.13. The zero-order valence-electron chi connectivity index (χ0n) is 11.7. The van der Waals surface area contributed by atoms with Crippen LogP contribution in [0.3, 0.4) is 0 Å². The number of rotatable bonds is 4. The SMILES string of the molecule is CCN(CC)C[C@@H]1CN(C(N)=O)Cc2nccn2C1. The van der Waals surface area contributed by atoms with Crippen LogP contribution in [0.15, 0.2) is 12.4 Å². The van der Waals surface area contributed by atoms with E-state index >= 15 is 0 Å². The number of primary amides is 1. The molecule has 106 valence electrons. The molecule has 1 aliphatic rings. The van der Waals surface area contributed by atoms with Crippen molar-refractivity contribution in [1.82, 2.24) is 19.4 Å². The number of hydrogen-bond donors (Lipinski definition) is 1. The van der Waals surface area contributed by atoms with E-state index in [1.54, 1.807) is 11.1 Å². The number of carbonyl (C=O) groups is 1. The Labute approximate surface area is 114 Å². The van der Waals surface area contributed by atoms with Gasteiger partial charge in [-0.05, 0) is 13.1 Å². The van der Waals surface area contributed by atoms with Crippen molar-refractivity contribution < 1.29 is 4.79 Å². The quantitative estimate of drug-likeness (QED) is 0.873. The summed E-state index contributed by atoms with van der Waals surface area (Å²) in [5.41, 5.74) is 5.46. The lowest BCUT2D eigenvalue weighted by Gasteiger charge is -2.27. The molecular weight excluding hydrogens is 242 g/mol. The van der Waals surface area contributed by atoms with Gasteiger partial charge in [-0.1, -0.05) is 13.8 Å². The lowest BCUT2D eigenvalue weighted by Crippen LogP contribution is -2.41. The smallest absolute Gasteiger partial charge is 0.315 e. The Morgan fingerprint density at radius 3 is 2.84 bits per heavy atom. The Hall–Kier alpha value is -1.56. The maximum Gasteiger partial charge on any atom is 0.315 e. The molecule has 1 atom stereocenters. The maximum absolute atomic E-state index is 11.5. The van der Waals surface area contributed by atoms with Crippen LogP contribution < -0.4 is 5.73 Å². The molecule has 0 unspecified atom stereocenters. The van der Waals surface area contributed by atoms with Gasteiger partial charge in [0.05, 0.1) is 6.54 Å². The van der Waals surface area contributed by atoms with Gasteiger partial charge in [0, 0.05) is 37.9 Å². The molecule has 0 aliphatic carbocycles. The van der Waals surface area contributed by atoms with Gasteiger partial charge in [0.2, 0.25) is 0 Å². The number of nitrogens with zero attached hydrogens (tertiary/aromatic N) is 4. The summed E-state index contributed by atoms with van der Waals surface area (Å²) in [6.45, 7) is 9.47. The van der Waals surface area contributed by atoms with Crippen LogP contribution in [-0.4, -0.2) is 51.6 Å². The molecule has 0 saturated carbocycles. The highest BCUT2D eigenvalue weighted by atomic mass is 16.2. The monoisotopic (exact) mass is 265 g/mol. The molecule has 19 heavy (non-hydrogen) atoms. The van der Waals surface area contributed by atoms with Gasteiger partial charge in [-0.25, -0.2) is 9.78 Å². The average Bonchev–Trinajstić information content (AvgIpc) is 2.74. The molecule has 1 aromatic heterocycles. The number of fused-ring (bicyclic) bond motifs is 1. The number of urea groups is 1. The average molecular weight is 265 g/mol. The molecule has 0 aromatic carbocycles. The van der Waals surface area contributed by atoms with Crippen LogP contribution in [0, 0.1) is 5.92 Å². The molecule has 6 nitrogen and oxygen atoms in total. The summed E-state index contributed by atoms with van der Waals surface area (Å²) in [5, 5.41) is 0. The van der Waals surface area contributed by atoms with E-state index in [2.05, 4.69) is 28.3 Å². The first-order valence-electron chi connectivity index (χ1n) is 6.90. The Kier molecular flexibility index (Phi) is 4.42. The van der Waals surface area contributed by atoms with Crippen LogP contribution in [0.1, 0.15) is 19.7 Å². The maximum atomic E-state index is 11.5.